The van der Waals surface area contributed by atoms with E-state index in [0.29, 0.717) is 19.4 Å². The summed E-state index contributed by atoms with van der Waals surface area (Å²) in [6.07, 6.45) is 7.58. The molecule has 0 bridgehead atoms. The average Bonchev–Trinajstić information content (AvgIpc) is 2.29. The Bertz CT molecular complexity index is 184. The van der Waals surface area contributed by atoms with E-state index < -0.39 is 0 Å². The van der Waals surface area contributed by atoms with Gasteiger partial charge in [0.2, 0.25) is 12.3 Å². The van der Waals surface area contributed by atoms with Gasteiger partial charge >= 0.3 is 0 Å². The normalized spacial score (nSPS) is 9.81. The molecule has 0 spiro atoms. The first-order chi connectivity index (χ1) is 7.81. The van der Waals surface area contributed by atoms with Crippen LogP contribution >= 0.6 is 0 Å². The Morgan fingerprint density at radius 3 is 2.50 bits per heavy atom. The van der Waals surface area contributed by atoms with Crippen LogP contribution < -0.4 is 10.6 Å². The molecule has 0 aromatic carbocycles. The van der Waals surface area contributed by atoms with Gasteiger partial charge in [0.1, 0.15) is 0 Å². The zero-order valence-electron chi connectivity index (χ0n) is 10.3. The first-order valence-electron chi connectivity index (χ1n) is 6.25. The van der Waals surface area contributed by atoms with Crippen LogP contribution in [0.15, 0.2) is 0 Å². The topological polar surface area (TPSA) is 58.2 Å². The Hall–Kier alpha value is -1.06. The van der Waals surface area contributed by atoms with E-state index in [-0.39, 0.29) is 5.91 Å². The highest BCUT2D eigenvalue weighted by Crippen LogP contribution is 1.99. The molecule has 4 heteroatoms. The quantitative estimate of drug-likeness (QED) is 0.417. The summed E-state index contributed by atoms with van der Waals surface area (Å²) >= 11 is 0. The fraction of sp³-hybridized carbons (Fsp3) is 0.833. The van der Waals surface area contributed by atoms with Crippen LogP contribution in [-0.4, -0.2) is 25.4 Å². The number of rotatable bonds is 11. The van der Waals surface area contributed by atoms with E-state index >= 15 is 0 Å². The lowest BCUT2D eigenvalue weighted by Gasteiger charge is -2.04. The van der Waals surface area contributed by atoms with E-state index in [1.54, 1.807) is 0 Å². The first-order valence-corrected chi connectivity index (χ1v) is 6.25. The second-order valence-corrected chi connectivity index (χ2v) is 3.94. The molecule has 0 aliphatic carbocycles. The van der Waals surface area contributed by atoms with Crippen molar-refractivity contribution < 1.29 is 9.59 Å². The molecule has 0 rings (SSSR count). The van der Waals surface area contributed by atoms with Crippen LogP contribution in [0.2, 0.25) is 0 Å². The molecule has 0 radical (unpaired) electrons. The Kier molecular flexibility index (Phi) is 11.2. The van der Waals surface area contributed by atoms with Crippen LogP contribution in [0, 0.1) is 0 Å². The Morgan fingerprint density at radius 2 is 1.81 bits per heavy atom. The van der Waals surface area contributed by atoms with Gasteiger partial charge in [0.15, 0.2) is 0 Å². The minimum atomic E-state index is 0.152. The fourth-order valence-corrected chi connectivity index (χ4v) is 1.44. The zero-order valence-corrected chi connectivity index (χ0v) is 10.3. The van der Waals surface area contributed by atoms with Gasteiger partial charge in [-0.1, -0.05) is 26.2 Å². The van der Waals surface area contributed by atoms with Gasteiger partial charge in [0.05, 0.1) is 0 Å². The highest BCUT2D eigenvalue weighted by atomic mass is 16.1. The van der Waals surface area contributed by atoms with Crippen LogP contribution in [-0.2, 0) is 9.59 Å². The molecular weight excluding hydrogens is 204 g/mol. The van der Waals surface area contributed by atoms with E-state index in [1.807, 2.05) is 0 Å². The molecule has 0 saturated carbocycles. The Morgan fingerprint density at radius 1 is 1.06 bits per heavy atom. The molecule has 0 fully saturated rings. The summed E-state index contributed by atoms with van der Waals surface area (Å²) < 4.78 is 0. The second-order valence-electron chi connectivity index (χ2n) is 3.94. The van der Waals surface area contributed by atoms with Gasteiger partial charge in [-0.15, -0.1) is 0 Å². The summed E-state index contributed by atoms with van der Waals surface area (Å²) in [5, 5.41) is 5.51. The maximum Gasteiger partial charge on any atom is 0.219 e. The number of amides is 2. The van der Waals surface area contributed by atoms with Crippen LogP contribution in [0.25, 0.3) is 0 Å². The van der Waals surface area contributed by atoms with Crippen molar-refractivity contribution in [3.8, 4) is 0 Å². The van der Waals surface area contributed by atoms with Crippen molar-refractivity contribution in [3.63, 3.8) is 0 Å². The SMILES string of the molecule is CCCCCNC(=O)CCCCCNC=O. The maximum atomic E-state index is 11.3. The zero-order chi connectivity index (χ0) is 12.1. The number of hydrogen-bond donors (Lipinski definition) is 2. The molecule has 2 N–H and O–H groups in total. The number of carbonyl (C=O) groups excluding carboxylic acids is 2. The third-order valence-corrected chi connectivity index (χ3v) is 2.41. The average molecular weight is 228 g/mol. The summed E-state index contributed by atoms with van der Waals surface area (Å²) in [6, 6.07) is 0. The van der Waals surface area contributed by atoms with Gasteiger partial charge < -0.3 is 10.6 Å². The third-order valence-electron chi connectivity index (χ3n) is 2.41. The first kappa shape index (κ1) is 14.9. The van der Waals surface area contributed by atoms with Gasteiger partial charge in [0, 0.05) is 19.5 Å². The van der Waals surface area contributed by atoms with Crippen LogP contribution in [0.3, 0.4) is 0 Å². The predicted molar refractivity (Wildman–Crippen MR) is 65.1 cm³/mol. The number of unbranched alkanes of at least 4 members (excludes halogenated alkanes) is 4. The van der Waals surface area contributed by atoms with Crippen molar-refractivity contribution >= 4 is 12.3 Å². The summed E-state index contributed by atoms with van der Waals surface area (Å²) in [6.45, 7) is 3.66. The second kappa shape index (κ2) is 12.0. The van der Waals surface area contributed by atoms with Crippen LogP contribution in [0.5, 0.6) is 0 Å². The highest BCUT2D eigenvalue weighted by Gasteiger charge is 1.99. The van der Waals surface area contributed by atoms with Gasteiger partial charge in [-0.3, -0.25) is 9.59 Å². The fourth-order valence-electron chi connectivity index (χ4n) is 1.44. The molecule has 0 unspecified atom stereocenters. The summed E-state index contributed by atoms with van der Waals surface area (Å²) in [4.78, 5) is 21.3. The lowest BCUT2D eigenvalue weighted by atomic mass is 10.2. The molecule has 0 aliphatic rings. The predicted octanol–water partition coefficient (Wildman–Crippen LogP) is 1.60. The molecular formula is C12H24N2O2. The van der Waals surface area contributed by atoms with Crippen molar-refractivity contribution in [3.05, 3.63) is 0 Å². The molecule has 0 atom stereocenters. The monoisotopic (exact) mass is 228 g/mol. The molecule has 94 valence electrons. The van der Waals surface area contributed by atoms with Crippen molar-refractivity contribution in [2.75, 3.05) is 13.1 Å². The smallest absolute Gasteiger partial charge is 0.219 e. The molecule has 0 aromatic rings. The number of nitrogens with one attached hydrogen (secondary N) is 2. The minimum Gasteiger partial charge on any atom is -0.359 e. The number of hydrogen-bond acceptors (Lipinski definition) is 2. The van der Waals surface area contributed by atoms with Crippen LogP contribution in [0.1, 0.15) is 51.9 Å². The number of carbonyl (C=O) groups is 2. The van der Waals surface area contributed by atoms with E-state index in [9.17, 15) is 9.59 Å². The van der Waals surface area contributed by atoms with Crippen molar-refractivity contribution in [1.82, 2.24) is 10.6 Å². The molecule has 2 amide bonds. The summed E-state index contributed by atoms with van der Waals surface area (Å²) in [7, 11) is 0. The Balaban J connectivity index is 3.14. The maximum absolute atomic E-state index is 11.3. The largest absolute Gasteiger partial charge is 0.359 e. The van der Waals surface area contributed by atoms with Gasteiger partial charge in [0.25, 0.3) is 0 Å². The molecule has 0 saturated heterocycles. The molecule has 16 heavy (non-hydrogen) atoms. The molecule has 0 heterocycles. The highest BCUT2D eigenvalue weighted by molar-refractivity contribution is 5.75. The van der Waals surface area contributed by atoms with Crippen molar-refractivity contribution in [2.45, 2.75) is 51.9 Å². The summed E-state index contributed by atoms with van der Waals surface area (Å²) in [5.74, 6) is 0.152. The van der Waals surface area contributed by atoms with Gasteiger partial charge in [-0.05, 0) is 19.3 Å². The van der Waals surface area contributed by atoms with E-state index in [0.717, 1.165) is 32.2 Å². The molecule has 0 aliphatic heterocycles. The van der Waals surface area contributed by atoms with Crippen LogP contribution in [0.4, 0.5) is 0 Å². The van der Waals surface area contributed by atoms with E-state index in [4.69, 9.17) is 0 Å². The Labute approximate surface area is 98.2 Å². The molecule has 0 aromatic heterocycles. The molecule has 4 nitrogen and oxygen atoms in total. The summed E-state index contributed by atoms with van der Waals surface area (Å²) in [5.41, 5.74) is 0. The minimum absolute atomic E-state index is 0.152. The van der Waals surface area contributed by atoms with E-state index in [1.165, 1.54) is 12.8 Å². The van der Waals surface area contributed by atoms with Gasteiger partial charge in [-0.2, -0.15) is 0 Å². The van der Waals surface area contributed by atoms with E-state index in [2.05, 4.69) is 17.6 Å². The third kappa shape index (κ3) is 11.0. The van der Waals surface area contributed by atoms with Crippen molar-refractivity contribution in [2.24, 2.45) is 0 Å². The lowest BCUT2D eigenvalue weighted by molar-refractivity contribution is -0.121. The lowest BCUT2D eigenvalue weighted by Crippen LogP contribution is -2.24. The van der Waals surface area contributed by atoms with Gasteiger partial charge in [-0.25, -0.2) is 0 Å². The van der Waals surface area contributed by atoms with Crippen molar-refractivity contribution in [1.29, 1.82) is 0 Å². The standard InChI is InChI=1S/C12H24N2O2/c1-2-3-6-10-14-12(16)8-5-4-7-9-13-11-15/h11H,2-10H2,1H3,(H,13,15)(H,14,16).